The van der Waals surface area contributed by atoms with Crippen LogP contribution in [0.2, 0.25) is 0 Å². The molecule has 1 aromatic rings. The van der Waals surface area contributed by atoms with Crippen LogP contribution in [0.1, 0.15) is 66.1 Å². The second kappa shape index (κ2) is 8.41. The smallest absolute Gasteiger partial charge is 0.410 e. The van der Waals surface area contributed by atoms with Gasteiger partial charge in [0.15, 0.2) is 0 Å². The molecule has 0 N–H and O–H groups in total. The van der Waals surface area contributed by atoms with Gasteiger partial charge in [0.05, 0.1) is 18.6 Å². The van der Waals surface area contributed by atoms with Crippen LogP contribution >= 0.6 is 0 Å². The van der Waals surface area contributed by atoms with Gasteiger partial charge in [0.1, 0.15) is 17.5 Å². The summed E-state index contributed by atoms with van der Waals surface area (Å²) in [5, 5.41) is 0. The van der Waals surface area contributed by atoms with Gasteiger partial charge in [-0.1, -0.05) is 12.1 Å². The van der Waals surface area contributed by atoms with Crippen LogP contribution in [0.5, 0.6) is 5.75 Å². The van der Waals surface area contributed by atoms with Crippen LogP contribution in [0.25, 0.3) is 0 Å². The van der Waals surface area contributed by atoms with Crippen LogP contribution in [0.15, 0.2) is 24.3 Å². The molecule has 1 aliphatic rings. The number of esters is 1. The summed E-state index contributed by atoms with van der Waals surface area (Å²) in [5.41, 5.74) is -0.429. The molecule has 1 aliphatic heterocycles. The zero-order chi connectivity index (χ0) is 21.1. The molecule has 6 heteroatoms. The fraction of sp³-hybridized carbons (Fsp3) is 0.636. The Labute approximate surface area is 168 Å². The fourth-order valence-electron chi connectivity index (χ4n) is 3.13. The number of rotatable bonds is 4. The number of methoxy groups -OCH3 is 1. The molecule has 156 valence electrons. The molecule has 1 amide bonds. The van der Waals surface area contributed by atoms with Crippen molar-refractivity contribution in [2.45, 2.75) is 72.1 Å². The van der Waals surface area contributed by atoms with Gasteiger partial charge >= 0.3 is 12.1 Å². The Hall–Kier alpha value is -2.24. The Morgan fingerprint density at radius 2 is 1.82 bits per heavy atom. The lowest BCUT2D eigenvalue weighted by Gasteiger charge is -2.34. The van der Waals surface area contributed by atoms with Gasteiger partial charge in [-0.2, -0.15) is 0 Å². The van der Waals surface area contributed by atoms with Crippen molar-refractivity contribution in [3.05, 3.63) is 29.8 Å². The Kier molecular flexibility index (Phi) is 6.63. The minimum atomic E-state index is -0.646. The van der Waals surface area contributed by atoms with E-state index in [2.05, 4.69) is 0 Å². The normalized spacial score (nSPS) is 18.5. The maximum absolute atomic E-state index is 12.8. The van der Waals surface area contributed by atoms with Crippen LogP contribution in [-0.2, 0) is 14.3 Å². The molecule has 0 aromatic heterocycles. The summed E-state index contributed by atoms with van der Waals surface area (Å²) < 4.78 is 16.9. The van der Waals surface area contributed by atoms with Crippen LogP contribution in [0, 0.1) is 5.41 Å². The van der Waals surface area contributed by atoms with Gasteiger partial charge in [0, 0.05) is 6.54 Å². The summed E-state index contributed by atoms with van der Waals surface area (Å²) in [4.78, 5) is 27.1. The van der Waals surface area contributed by atoms with E-state index >= 15 is 0 Å². The van der Waals surface area contributed by atoms with Crippen LogP contribution in [-0.4, -0.2) is 42.3 Å². The highest BCUT2D eigenvalue weighted by atomic mass is 16.6. The first-order chi connectivity index (χ1) is 12.9. The highest BCUT2D eigenvalue weighted by Gasteiger charge is 2.41. The first kappa shape index (κ1) is 22.1. The van der Waals surface area contributed by atoms with E-state index < -0.39 is 17.1 Å². The summed E-state index contributed by atoms with van der Waals surface area (Å²) >= 11 is 0. The molecular weight excluding hydrogens is 358 g/mol. The van der Waals surface area contributed by atoms with Gasteiger partial charge in [0.2, 0.25) is 0 Å². The molecular formula is C22H33NO5. The fourth-order valence-corrected chi connectivity index (χ4v) is 3.13. The maximum Gasteiger partial charge on any atom is 0.410 e. The van der Waals surface area contributed by atoms with Crippen molar-refractivity contribution in [1.82, 2.24) is 4.90 Å². The second-order valence-electron chi connectivity index (χ2n) is 9.24. The van der Waals surface area contributed by atoms with Gasteiger partial charge in [0.25, 0.3) is 0 Å². The van der Waals surface area contributed by atoms with E-state index in [1.54, 1.807) is 12.0 Å². The average molecular weight is 392 g/mol. The van der Waals surface area contributed by atoms with Crippen LogP contribution < -0.4 is 4.74 Å². The maximum atomic E-state index is 12.8. The van der Waals surface area contributed by atoms with Crippen LogP contribution in [0.3, 0.4) is 0 Å². The van der Waals surface area contributed by atoms with E-state index in [0.29, 0.717) is 12.3 Å². The summed E-state index contributed by atoms with van der Waals surface area (Å²) in [6, 6.07) is 7.17. The Morgan fingerprint density at radius 3 is 2.39 bits per heavy atom. The summed E-state index contributed by atoms with van der Waals surface area (Å²) in [6.07, 6.45) is 0.599. The highest BCUT2D eigenvalue weighted by Crippen LogP contribution is 2.36. The minimum absolute atomic E-state index is 0.284. The number of hydrogen-bond donors (Lipinski definition) is 0. The largest absolute Gasteiger partial charge is 0.497 e. The van der Waals surface area contributed by atoms with Crippen molar-refractivity contribution in [3.63, 3.8) is 0 Å². The second-order valence-corrected chi connectivity index (χ2v) is 9.24. The van der Waals surface area contributed by atoms with Crippen molar-refractivity contribution >= 4 is 12.1 Å². The van der Waals surface area contributed by atoms with E-state index in [9.17, 15) is 9.59 Å². The third-order valence-corrected chi connectivity index (χ3v) is 4.55. The molecule has 6 nitrogen and oxygen atoms in total. The van der Waals surface area contributed by atoms with E-state index in [1.807, 2.05) is 65.8 Å². The third kappa shape index (κ3) is 5.63. The number of hydrogen-bond acceptors (Lipinski definition) is 5. The third-order valence-electron chi connectivity index (χ3n) is 4.55. The van der Waals surface area contributed by atoms with Crippen molar-refractivity contribution in [1.29, 1.82) is 0 Å². The van der Waals surface area contributed by atoms with Crippen LogP contribution in [0.4, 0.5) is 4.79 Å². The van der Waals surface area contributed by atoms with Gasteiger partial charge in [-0.25, -0.2) is 4.79 Å². The molecule has 28 heavy (non-hydrogen) atoms. The lowest BCUT2D eigenvalue weighted by atomic mass is 9.95. The Bertz CT molecular complexity index is 702. The molecule has 0 spiro atoms. The number of benzene rings is 1. The van der Waals surface area contributed by atoms with Gasteiger partial charge in [-0.05, 0) is 72.1 Å². The van der Waals surface area contributed by atoms with Gasteiger partial charge in [-0.3, -0.25) is 4.79 Å². The summed E-state index contributed by atoms with van der Waals surface area (Å²) in [7, 11) is 1.60. The zero-order valence-electron chi connectivity index (χ0n) is 18.1. The Balaban J connectivity index is 2.36. The number of nitrogens with zero attached hydrogens (tertiary/aromatic N) is 1. The first-order valence-electron chi connectivity index (χ1n) is 9.77. The van der Waals surface area contributed by atoms with Gasteiger partial charge in [-0.15, -0.1) is 0 Å². The SMILES string of the molecule is COc1cccc([C@H](OC(=O)C(C)(C)C)[C@@H]2CCCN2C(=O)OC(C)(C)C)c1. The molecule has 0 saturated carbocycles. The molecule has 1 saturated heterocycles. The molecule has 1 aromatic carbocycles. The number of ether oxygens (including phenoxy) is 3. The lowest BCUT2D eigenvalue weighted by molar-refractivity contribution is -0.162. The molecule has 0 unspecified atom stereocenters. The van der Waals surface area contributed by atoms with E-state index in [4.69, 9.17) is 14.2 Å². The number of carbonyl (C=O) groups excluding carboxylic acids is 2. The molecule has 0 radical (unpaired) electrons. The summed E-state index contributed by atoms with van der Waals surface area (Å²) in [5.74, 6) is 0.368. The number of carbonyl (C=O) groups is 2. The first-order valence-corrected chi connectivity index (χ1v) is 9.77. The van der Waals surface area contributed by atoms with E-state index in [1.165, 1.54) is 0 Å². The molecule has 2 atom stereocenters. The Morgan fingerprint density at radius 1 is 1.14 bits per heavy atom. The van der Waals surface area contributed by atoms with Crippen molar-refractivity contribution in [2.24, 2.45) is 5.41 Å². The summed E-state index contributed by atoms with van der Waals surface area (Å²) in [6.45, 7) is 11.6. The monoisotopic (exact) mass is 391 g/mol. The van der Waals surface area contributed by atoms with Crippen molar-refractivity contribution in [2.75, 3.05) is 13.7 Å². The molecule has 1 heterocycles. The predicted molar refractivity (Wildman–Crippen MR) is 107 cm³/mol. The molecule has 0 aliphatic carbocycles. The number of likely N-dealkylation sites (tertiary alicyclic amines) is 1. The van der Waals surface area contributed by atoms with Gasteiger partial charge < -0.3 is 19.1 Å². The lowest BCUT2D eigenvalue weighted by Crippen LogP contribution is -2.44. The van der Waals surface area contributed by atoms with E-state index in [0.717, 1.165) is 18.4 Å². The number of amides is 1. The minimum Gasteiger partial charge on any atom is -0.497 e. The zero-order valence-corrected chi connectivity index (χ0v) is 18.1. The van der Waals surface area contributed by atoms with Crippen molar-refractivity contribution in [3.8, 4) is 5.75 Å². The molecule has 0 bridgehead atoms. The average Bonchev–Trinajstić information content (AvgIpc) is 3.06. The quantitative estimate of drug-likeness (QED) is 0.695. The standard InChI is InChI=1S/C22H33NO5/c1-21(2,3)19(24)27-18(15-10-8-11-16(14-15)26-7)17-12-9-13-23(17)20(25)28-22(4,5)6/h8,10-11,14,17-18H,9,12-13H2,1-7H3/t17-,18-/m0/s1. The molecule has 2 rings (SSSR count). The predicted octanol–water partition coefficient (Wildman–Crippen LogP) is 4.73. The highest BCUT2D eigenvalue weighted by molar-refractivity contribution is 5.76. The topological polar surface area (TPSA) is 65.1 Å². The van der Waals surface area contributed by atoms with E-state index in [-0.39, 0.29) is 18.1 Å². The molecule has 1 fully saturated rings. The van der Waals surface area contributed by atoms with Crippen molar-refractivity contribution < 1.29 is 23.8 Å².